The van der Waals surface area contributed by atoms with Crippen LogP contribution in [-0.4, -0.2) is 42.6 Å². The van der Waals surface area contributed by atoms with Gasteiger partial charge in [0.05, 0.1) is 0 Å². The molecule has 0 aliphatic rings. The molecule has 4 N–H and O–H groups in total. The van der Waals surface area contributed by atoms with Gasteiger partial charge in [-0.2, -0.15) is 0 Å². The summed E-state index contributed by atoms with van der Waals surface area (Å²) in [4.78, 5) is 12.5. The van der Waals surface area contributed by atoms with Gasteiger partial charge in [-0.3, -0.25) is 0 Å². The lowest BCUT2D eigenvalue weighted by atomic mass is 10.2. The van der Waals surface area contributed by atoms with Gasteiger partial charge in [0.1, 0.15) is 5.84 Å². The van der Waals surface area contributed by atoms with Gasteiger partial charge < -0.3 is 21.2 Å². The Hall–Kier alpha value is -1.46. The van der Waals surface area contributed by atoms with E-state index in [4.69, 9.17) is 10.9 Å². The van der Waals surface area contributed by atoms with E-state index < -0.39 is 0 Å². The highest BCUT2D eigenvalue weighted by molar-refractivity contribution is 5.79. The van der Waals surface area contributed by atoms with Gasteiger partial charge in [0.25, 0.3) is 0 Å². The van der Waals surface area contributed by atoms with E-state index in [0.29, 0.717) is 13.0 Å². The molecule has 82 valence electrons. The summed E-state index contributed by atoms with van der Waals surface area (Å²) in [5.74, 6) is 0.226. The van der Waals surface area contributed by atoms with Gasteiger partial charge in [-0.15, -0.1) is 0 Å². The van der Waals surface area contributed by atoms with Crippen LogP contribution in [0.3, 0.4) is 0 Å². The molecule has 0 aliphatic heterocycles. The number of amides is 2. The van der Waals surface area contributed by atoms with Crippen molar-refractivity contribution in [2.75, 3.05) is 20.6 Å². The van der Waals surface area contributed by atoms with Crippen molar-refractivity contribution in [1.29, 1.82) is 0 Å². The monoisotopic (exact) mass is 202 g/mol. The number of hydrogen-bond donors (Lipinski definition) is 3. The Labute approximate surface area is 83.7 Å². The smallest absolute Gasteiger partial charge is 0.316 e. The number of oxime groups is 1. The Bertz CT molecular complexity index is 204. The van der Waals surface area contributed by atoms with E-state index in [1.165, 1.54) is 4.90 Å². The summed E-state index contributed by atoms with van der Waals surface area (Å²) in [6.07, 6.45) is 2.16. The van der Waals surface area contributed by atoms with Crippen LogP contribution in [-0.2, 0) is 0 Å². The maximum atomic E-state index is 11.0. The summed E-state index contributed by atoms with van der Waals surface area (Å²) in [7, 11) is 3.37. The van der Waals surface area contributed by atoms with Crippen LogP contribution in [0.25, 0.3) is 0 Å². The molecule has 6 heteroatoms. The molecule has 0 atom stereocenters. The fraction of sp³-hybridized carbons (Fsp3) is 0.750. The second-order valence-corrected chi connectivity index (χ2v) is 3.17. The van der Waals surface area contributed by atoms with E-state index in [-0.39, 0.29) is 11.9 Å². The quantitative estimate of drug-likeness (QED) is 0.195. The molecule has 14 heavy (non-hydrogen) atoms. The molecule has 0 aromatic rings. The molecule has 6 nitrogen and oxygen atoms in total. The second-order valence-electron chi connectivity index (χ2n) is 3.17. The van der Waals surface area contributed by atoms with E-state index in [1.807, 2.05) is 0 Å². The van der Waals surface area contributed by atoms with Crippen LogP contribution in [0.5, 0.6) is 0 Å². The minimum atomic E-state index is -0.103. The van der Waals surface area contributed by atoms with Crippen LogP contribution in [0, 0.1) is 0 Å². The number of nitrogens with two attached hydrogens (primary N) is 1. The number of carbonyl (C=O) groups excluding carboxylic acids is 1. The molecular weight excluding hydrogens is 184 g/mol. The van der Waals surface area contributed by atoms with Gasteiger partial charge in [0.2, 0.25) is 0 Å². The Balaban J connectivity index is 3.35. The lowest BCUT2D eigenvalue weighted by Gasteiger charge is -2.11. The zero-order chi connectivity index (χ0) is 11.0. The molecule has 0 saturated heterocycles. The summed E-state index contributed by atoms with van der Waals surface area (Å²) >= 11 is 0. The molecule has 0 saturated carbocycles. The molecule has 0 rings (SSSR count). The zero-order valence-electron chi connectivity index (χ0n) is 8.66. The third-order valence-corrected chi connectivity index (χ3v) is 1.67. The van der Waals surface area contributed by atoms with Crippen molar-refractivity contribution >= 4 is 11.9 Å². The van der Waals surface area contributed by atoms with E-state index in [9.17, 15) is 4.79 Å². The number of amidine groups is 1. The third-order valence-electron chi connectivity index (χ3n) is 1.67. The Morgan fingerprint density at radius 2 is 2.14 bits per heavy atom. The first-order chi connectivity index (χ1) is 6.57. The summed E-state index contributed by atoms with van der Waals surface area (Å²) < 4.78 is 0. The van der Waals surface area contributed by atoms with Gasteiger partial charge >= 0.3 is 6.03 Å². The van der Waals surface area contributed by atoms with Crippen LogP contribution in [0.2, 0.25) is 0 Å². The minimum Gasteiger partial charge on any atom is -0.409 e. The van der Waals surface area contributed by atoms with E-state index >= 15 is 0 Å². The largest absolute Gasteiger partial charge is 0.409 e. The molecule has 0 aliphatic carbocycles. The summed E-state index contributed by atoms with van der Waals surface area (Å²) in [6, 6.07) is -0.103. The van der Waals surface area contributed by atoms with Crippen molar-refractivity contribution < 1.29 is 10.0 Å². The average molecular weight is 202 g/mol. The van der Waals surface area contributed by atoms with Crippen LogP contribution >= 0.6 is 0 Å². The maximum Gasteiger partial charge on any atom is 0.316 e. The number of urea groups is 1. The highest BCUT2D eigenvalue weighted by atomic mass is 16.4. The summed E-state index contributed by atoms with van der Waals surface area (Å²) in [5, 5.41) is 13.8. The van der Waals surface area contributed by atoms with Crippen molar-refractivity contribution in [2.45, 2.75) is 19.3 Å². The number of nitrogens with one attached hydrogen (secondary N) is 1. The van der Waals surface area contributed by atoms with Gasteiger partial charge in [-0.1, -0.05) is 5.16 Å². The Morgan fingerprint density at radius 1 is 1.50 bits per heavy atom. The van der Waals surface area contributed by atoms with E-state index in [1.54, 1.807) is 14.1 Å². The number of rotatable bonds is 5. The first-order valence-electron chi connectivity index (χ1n) is 4.49. The highest BCUT2D eigenvalue weighted by Crippen LogP contribution is 1.93. The van der Waals surface area contributed by atoms with Crippen LogP contribution < -0.4 is 11.1 Å². The molecule has 0 radical (unpaired) electrons. The Morgan fingerprint density at radius 3 is 2.64 bits per heavy atom. The number of carbonyl (C=O) groups is 1. The predicted molar refractivity (Wildman–Crippen MR) is 54.3 cm³/mol. The van der Waals surface area contributed by atoms with E-state index in [2.05, 4.69) is 10.5 Å². The molecule has 0 unspecified atom stereocenters. The molecule has 0 spiro atoms. The number of hydrogen-bond acceptors (Lipinski definition) is 3. The highest BCUT2D eigenvalue weighted by Gasteiger charge is 2.00. The van der Waals surface area contributed by atoms with Crippen molar-refractivity contribution in [2.24, 2.45) is 10.9 Å². The Kier molecular flexibility index (Phi) is 6.26. The molecular formula is C8H18N4O2. The standard InChI is InChI=1S/C8H18N4O2/c1-12(2)8(13)10-6-4-3-5-7(9)11-14/h14H,3-6H2,1-2H3,(H2,9,11)(H,10,13). The molecule has 0 fully saturated rings. The zero-order valence-corrected chi connectivity index (χ0v) is 8.66. The first kappa shape index (κ1) is 12.5. The number of nitrogens with zero attached hydrogens (tertiary/aromatic N) is 2. The maximum absolute atomic E-state index is 11.0. The van der Waals surface area contributed by atoms with Gasteiger partial charge in [0.15, 0.2) is 0 Å². The van der Waals surface area contributed by atoms with Gasteiger partial charge in [-0.25, -0.2) is 4.79 Å². The first-order valence-corrected chi connectivity index (χ1v) is 4.49. The van der Waals surface area contributed by atoms with Crippen molar-refractivity contribution in [3.63, 3.8) is 0 Å². The normalized spacial score (nSPS) is 11.1. The fourth-order valence-corrected chi connectivity index (χ4v) is 0.835. The molecule has 0 heterocycles. The molecule has 2 amide bonds. The van der Waals surface area contributed by atoms with Crippen molar-refractivity contribution in [1.82, 2.24) is 10.2 Å². The van der Waals surface area contributed by atoms with Crippen molar-refractivity contribution in [3.05, 3.63) is 0 Å². The van der Waals surface area contributed by atoms with E-state index in [0.717, 1.165) is 12.8 Å². The average Bonchev–Trinajstić information content (AvgIpc) is 2.16. The molecule has 0 aromatic carbocycles. The SMILES string of the molecule is CN(C)C(=O)NCCCCC(N)=NO. The molecule has 0 bridgehead atoms. The second kappa shape index (κ2) is 6.99. The predicted octanol–water partition coefficient (Wildman–Crippen LogP) is 0.174. The van der Waals surface area contributed by atoms with Gasteiger partial charge in [0, 0.05) is 27.1 Å². The lowest BCUT2D eigenvalue weighted by Crippen LogP contribution is -2.35. The van der Waals surface area contributed by atoms with Crippen LogP contribution in [0.15, 0.2) is 5.16 Å². The van der Waals surface area contributed by atoms with Gasteiger partial charge in [-0.05, 0) is 12.8 Å². The number of unbranched alkanes of at least 4 members (excludes halogenated alkanes) is 1. The third kappa shape index (κ3) is 6.10. The fourth-order valence-electron chi connectivity index (χ4n) is 0.835. The minimum absolute atomic E-state index is 0.103. The van der Waals surface area contributed by atoms with Crippen LogP contribution in [0.1, 0.15) is 19.3 Å². The van der Waals surface area contributed by atoms with Crippen LogP contribution in [0.4, 0.5) is 4.79 Å². The summed E-state index contributed by atoms with van der Waals surface area (Å²) in [5.41, 5.74) is 5.27. The lowest BCUT2D eigenvalue weighted by molar-refractivity contribution is 0.217. The van der Waals surface area contributed by atoms with Crippen molar-refractivity contribution in [3.8, 4) is 0 Å². The topological polar surface area (TPSA) is 91.0 Å². The summed E-state index contributed by atoms with van der Waals surface area (Å²) in [6.45, 7) is 0.607. The molecule has 0 aromatic heterocycles.